The molecule has 0 radical (unpaired) electrons. The minimum atomic E-state index is -0.587. The Kier molecular flexibility index (Phi) is 39.7. The number of esters is 2. The molecule has 0 fully saturated rings. The first-order valence-electron chi connectivity index (χ1n) is 20.8. The molecule has 0 aliphatic heterocycles. The van der Waals surface area contributed by atoms with E-state index in [1.54, 1.807) is 0 Å². The first kappa shape index (κ1) is 48.8. The van der Waals surface area contributed by atoms with Crippen molar-refractivity contribution in [2.75, 3.05) is 19.8 Å². The molecule has 294 valence electrons. The van der Waals surface area contributed by atoms with Gasteiger partial charge in [0, 0.05) is 13.0 Å². The molecular formula is C47H76O5. The second-order valence-electron chi connectivity index (χ2n) is 13.2. The monoisotopic (exact) mass is 721 g/mol. The zero-order valence-electron chi connectivity index (χ0n) is 33.5. The summed E-state index contributed by atoms with van der Waals surface area (Å²) < 4.78 is 17.1. The number of hydrogen-bond donors (Lipinski definition) is 0. The third kappa shape index (κ3) is 39.6. The lowest BCUT2D eigenvalue weighted by molar-refractivity contribution is -0.162. The average molecular weight is 721 g/mol. The van der Waals surface area contributed by atoms with Crippen molar-refractivity contribution in [2.45, 2.75) is 168 Å². The molecule has 0 heterocycles. The Morgan fingerprint density at radius 1 is 0.462 bits per heavy atom. The summed E-state index contributed by atoms with van der Waals surface area (Å²) in [6.45, 7) is 7.37. The molecule has 5 nitrogen and oxygen atoms in total. The standard InChI is InChI=1S/C47H76O5/c1-4-7-10-13-16-18-20-22-24-25-27-29-32-34-37-40-46(48)51-44-45(52-47(49)41-38-35-31-15-12-9-6-3)43-50-42-39-36-33-30-28-26-23-21-19-17-14-11-8-5-2/h7-8,10-11,16-19,22-24,26-27,29,34,37,45H,4-6,9,12-15,20-21,25,28,30-33,35-36,38-44H2,1-3H3/b10-7-,11-8-,18-16-,19-17-,24-22-,26-23-,29-27-,37-34-. The highest BCUT2D eigenvalue weighted by atomic mass is 16.6. The highest BCUT2D eigenvalue weighted by Gasteiger charge is 2.17. The topological polar surface area (TPSA) is 61.8 Å². The van der Waals surface area contributed by atoms with Crippen LogP contribution < -0.4 is 0 Å². The van der Waals surface area contributed by atoms with E-state index in [2.05, 4.69) is 106 Å². The van der Waals surface area contributed by atoms with Crippen LogP contribution in [-0.4, -0.2) is 37.9 Å². The summed E-state index contributed by atoms with van der Waals surface area (Å²) in [6, 6.07) is 0. The van der Waals surface area contributed by atoms with Crippen molar-refractivity contribution in [1.82, 2.24) is 0 Å². The molecule has 0 bridgehead atoms. The van der Waals surface area contributed by atoms with Crippen LogP contribution in [0.1, 0.15) is 162 Å². The van der Waals surface area contributed by atoms with Crippen molar-refractivity contribution in [1.29, 1.82) is 0 Å². The van der Waals surface area contributed by atoms with Crippen molar-refractivity contribution in [3.05, 3.63) is 97.2 Å². The second kappa shape index (κ2) is 42.2. The number of ether oxygens (including phenoxy) is 3. The van der Waals surface area contributed by atoms with Crippen LogP contribution in [0.3, 0.4) is 0 Å². The van der Waals surface area contributed by atoms with Gasteiger partial charge in [-0.25, -0.2) is 0 Å². The van der Waals surface area contributed by atoms with Gasteiger partial charge in [-0.05, 0) is 77.0 Å². The van der Waals surface area contributed by atoms with E-state index in [1.807, 2.05) is 12.2 Å². The van der Waals surface area contributed by atoms with E-state index in [-0.39, 0.29) is 31.6 Å². The molecule has 0 N–H and O–H groups in total. The molecule has 0 aromatic carbocycles. The molecule has 0 aromatic heterocycles. The van der Waals surface area contributed by atoms with E-state index in [0.717, 1.165) is 96.3 Å². The zero-order valence-corrected chi connectivity index (χ0v) is 33.5. The maximum atomic E-state index is 12.6. The van der Waals surface area contributed by atoms with Gasteiger partial charge in [0.2, 0.25) is 0 Å². The molecule has 0 aliphatic rings. The maximum Gasteiger partial charge on any atom is 0.309 e. The average Bonchev–Trinajstić information content (AvgIpc) is 3.14. The molecule has 0 spiro atoms. The molecule has 1 unspecified atom stereocenters. The summed E-state index contributed by atoms with van der Waals surface area (Å²) in [6.07, 6.45) is 55.8. The molecule has 0 aliphatic carbocycles. The van der Waals surface area contributed by atoms with Crippen molar-refractivity contribution in [3.8, 4) is 0 Å². The molecule has 0 saturated heterocycles. The fraction of sp³-hybridized carbons (Fsp3) is 0.617. The second-order valence-corrected chi connectivity index (χ2v) is 13.2. The number of hydrogen-bond acceptors (Lipinski definition) is 5. The quantitative estimate of drug-likeness (QED) is 0.0366. The van der Waals surface area contributed by atoms with Gasteiger partial charge in [-0.1, -0.05) is 169 Å². The van der Waals surface area contributed by atoms with Gasteiger partial charge in [0.25, 0.3) is 0 Å². The van der Waals surface area contributed by atoms with Crippen LogP contribution in [0.25, 0.3) is 0 Å². The van der Waals surface area contributed by atoms with Gasteiger partial charge in [0.15, 0.2) is 6.10 Å². The molecule has 0 amide bonds. The van der Waals surface area contributed by atoms with Gasteiger partial charge in [-0.3, -0.25) is 9.59 Å². The van der Waals surface area contributed by atoms with Crippen molar-refractivity contribution < 1.29 is 23.8 Å². The van der Waals surface area contributed by atoms with Crippen LogP contribution in [0.15, 0.2) is 97.2 Å². The zero-order chi connectivity index (χ0) is 37.8. The Hall–Kier alpha value is -3.18. The third-order valence-electron chi connectivity index (χ3n) is 8.15. The Balaban J connectivity index is 4.38. The van der Waals surface area contributed by atoms with E-state index in [1.165, 1.54) is 32.1 Å². The number of carbonyl (C=O) groups excluding carboxylic acids is 2. The summed E-state index contributed by atoms with van der Waals surface area (Å²) in [5.41, 5.74) is 0. The van der Waals surface area contributed by atoms with Gasteiger partial charge in [0.1, 0.15) is 6.61 Å². The minimum Gasteiger partial charge on any atom is -0.461 e. The smallest absolute Gasteiger partial charge is 0.309 e. The van der Waals surface area contributed by atoms with E-state index in [9.17, 15) is 9.59 Å². The summed E-state index contributed by atoms with van der Waals surface area (Å²) in [7, 11) is 0. The Morgan fingerprint density at radius 3 is 1.48 bits per heavy atom. The summed E-state index contributed by atoms with van der Waals surface area (Å²) >= 11 is 0. The van der Waals surface area contributed by atoms with Crippen LogP contribution in [0, 0.1) is 0 Å². The first-order chi connectivity index (χ1) is 25.6. The highest BCUT2D eigenvalue weighted by molar-refractivity contribution is 5.71. The number of allylic oxidation sites excluding steroid dienone is 15. The van der Waals surface area contributed by atoms with Crippen molar-refractivity contribution >= 4 is 11.9 Å². The molecule has 5 heteroatoms. The Morgan fingerprint density at radius 2 is 0.923 bits per heavy atom. The van der Waals surface area contributed by atoms with Crippen LogP contribution in [0.5, 0.6) is 0 Å². The van der Waals surface area contributed by atoms with E-state index in [4.69, 9.17) is 14.2 Å². The van der Waals surface area contributed by atoms with Crippen molar-refractivity contribution in [2.24, 2.45) is 0 Å². The lowest BCUT2D eigenvalue weighted by Gasteiger charge is -2.18. The summed E-state index contributed by atoms with van der Waals surface area (Å²) in [5, 5.41) is 0. The lowest BCUT2D eigenvalue weighted by atomic mass is 10.1. The van der Waals surface area contributed by atoms with Crippen LogP contribution in [0.2, 0.25) is 0 Å². The predicted molar refractivity (Wildman–Crippen MR) is 223 cm³/mol. The van der Waals surface area contributed by atoms with Crippen molar-refractivity contribution in [3.63, 3.8) is 0 Å². The molecule has 52 heavy (non-hydrogen) atoms. The SMILES string of the molecule is CC/C=C\C/C=C\C/C=C\C/C=C\C/C=C\CC(=O)OCC(COCCCCCC/C=C\C/C=C\C/C=C\CC)OC(=O)CCCCCCCCC. The molecule has 1 atom stereocenters. The largest absolute Gasteiger partial charge is 0.461 e. The Labute approximate surface area is 320 Å². The molecule has 0 rings (SSSR count). The molecule has 0 aromatic rings. The fourth-order valence-electron chi connectivity index (χ4n) is 5.12. The van der Waals surface area contributed by atoms with Gasteiger partial charge < -0.3 is 14.2 Å². The third-order valence-corrected chi connectivity index (χ3v) is 8.15. The molecular weight excluding hydrogens is 645 g/mol. The number of rotatable bonds is 36. The first-order valence-corrected chi connectivity index (χ1v) is 20.8. The fourth-order valence-corrected chi connectivity index (χ4v) is 5.12. The number of unbranched alkanes of at least 4 members (excludes halogenated alkanes) is 10. The molecule has 0 saturated carbocycles. The Bertz CT molecular complexity index is 1040. The normalized spacial score (nSPS) is 13.2. The number of carbonyl (C=O) groups is 2. The maximum absolute atomic E-state index is 12.6. The van der Waals surface area contributed by atoms with Crippen LogP contribution >= 0.6 is 0 Å². The van der Waals surface area contributed by atoms with Gasteiger partial charge in [0.05, 0.1) is 13.0 Å². The van der Waals surface area contributed by atoms with Crippen LogP contribution in [0.4, 0.5) is 0 Å². The highest BCUT2D eigenvalue weighted by Crippen LogP contribution is 2.11. The minimum absolute atomic E-state index is 0.0171. The summed E-state index contributed by atoms with van der Waals surface area (Å²) in [4.78, 5) is 25.0. The van der Waals surface area contributed by atoms with E-state index < -0.39 is 6.10 Å². The van der Waals surface area contributed by atoms with Gasteiger partial charge in [-0.15, -0.1) is 0 Å². The van der Waals surface area contributed by atoms with E-state index >= 15 is 0 Å². The summed E-state index contributed by atoms with van der Waals surface area (Å²) in [5.74, 6) is -0.573. The van der Waals surface area contributed by atoms with E-state index in [0.29, 0.717) is 13.0 Å². The lowest BCUT2D eigenvalue weighted by Crippen LogP contribution is -2.30. The predicted octanol–water partition coefficient (Wildman–Crippen LogP) is 13.5. The van der Waals surface area contributed by atoms with Gasteiger partial charge >= 0.3 is 11.9 Å². The van der Waals surface area contributed by atoms with Crippen LogP contribution in [-0.2, 0) is 23.8 Å². The van der Waals surface area contributed by atoms with Gasteiger partial charge in [-0.2, -0.15) is 0 Å².